The zero-order valence-electron chi connectivity index (χ0n) is 14.0. The van der Waals surface area contributed by atoms with Gasteiger partial charge in [0, 0.05) is 16.0 Å². The molecule has 1 amide bonds. The van der Waals surface area contributed by atoms with Crippen molar-refractivity contribution in [1.29, 1.82) is 0 Å². The Kier molecular flexibility index (Phi) is 5.71. The van der Waals surface area contributed by atoms with Crippen LogP contribution < -0.4 is 5.32 Å². The van der Waals surface area contributed by atoms with Crippen LogP contribution in [0.5, 0.6) is 0 Å². The van der Waals surface area contributed by atoms with Gasteiger partial charge in [-0.1, -0.05) is 54.1 Å². The van der Waals surface area contributed by atoms with Gasteiger partial charge in [-0.05, 0) is 23.3 Å². The summed E-state index contributed by atoms with van der Waals surface area (Å²) in [5.74, 6) is -0.683. The Balaban J connectivity index is 1.88. The van der Waals surface area contributed by atoms with Gasteiger partial charge in [-0.25, -0.2) is 4.79 Å². The van der Waals surface area contributed by atoms with Crippen LogP contribution in [0.2, 0.25) is 5.02 Å². The lowest BCUT2D eigenvalue weighted by molar-refractivity contribution is -0.115. The molecule has 3 rings (SSSR count). The molecule has 0 unspecified atom stereocenters. The van der Waals surface area contributed by atoms with E-state index in [-0.39, 0.29) is 12.3 Å². The standard InChI is InChI=1S/C20H16ClNO3S/c1-25-20(24)18-16(14-7-9-15(21)10-8-14)12-26-19(18)22-17(23)11-13-5-3-2-4-6-13/h2-10,12H,11H2,1H3,(H,22,23). The number of nitrogens with one attached hydrogen (secondary N) is 1. The number of carbonyl (C=O) groups excluding carboxylic acids is 2. The lowest BCUT2D eigenvalue weighted by Crippen LogP contribution is -2.16. The number of carbonyl (C=O) groups is 2. The minimum Gasteiger partial charge on any atom is -0.465 e. The van der Waals surface area contributed by atoms with Gasteiger partial charge < -0.3 is 10.1 Å². The van der Waals surface area contributed by atoms with Crippen LogP contribution in [0.1, 0.15) is 15.9 Å². The fraction of sp³-hybridized carbons (Fsp3) is 0.100. The Hall–Kier alpha value is -2.63. The second kappa shape index (κ2) is 8.17. The molecule has 0 saturated heterocycles. The molecule has 0 radical (unpaired) electrons. The van der Waals surface area contributed by atoms with E-state index >= 15 is 0 Å². The fourth-order valence-corrected chi connectivity index (χ4v) is 3.65. The molecule has 2 aromatic carbocycles. The summed E-state index contributed by atoms with van der Waals surface area (Å²) in [5.41, 5.74) is 2.78. The minimum atomic E-state index is -0.494. The van der Waals surface area contributed by atoms with E-state index in [0.717, 1.165) is 11.1 Å². The van der Waals surface area contributed by atoms with Crippen molar-refractivity contribution in [3.05, 3.63) is 76.1 Å². The maximum atomic E-state index is 12.4. The number of esters is 1. The molecule has 1 aromatic heterocycles. The third-order valence-electron chi connectivity index (χ3n) is 3.80. The average Bonchev–Trinajstić information content (AvgIpc) is 3.06. The summed E-state index contributed by atoms with van der Waals surface area (Å²) in [4.78, 5) is 24.7. The molecule has 26 heavy (non-hydrogen) atoms. The summed E-state index contributed by atoms with van der Waals surface area (Å²) in [6, 6.07) is 16.6. The molecule has 0 saturated carbocycles. The molecular formula is C20H16ClNO3S. The molecule has 0 atom stereocenters. The first-order chi connectivity index (χ1) is 12.6. The molecule has 1 heterocycles. The summed E-state index contributed by atoms with van der Waals surface area (Å²) in [6.07, 6.45) is 0.232. The predicted molar refractivity (Wildman–Crippen MR) is 105 cm³/mol. The molecule has 1 N–H and O–H groups in total. The van der Waals surface area contributed by atoms with Gasteiger partial charge in [0.1, 0.15) is 10.6 Å². The van der Waals surface area contributed by atoms with Crippen LogP contribution in [0.15, 0.2) is 60.0 Å². The van der Waals surface area contributed by atoms with Crippen molar-refractivity contribution in [2.45, 2.75) is 6.42 Å². The predicted octanol–water partition coefficient (Wildman–Crippen LogP) is 5.04. The maximum Gasteiger partial charge on any atom is 0.341 e. The van der Waals surface area contributed by atoms with Crippen molar-refractivity contribution in [3.63, 3.8) is 0 Å². The van der Waals surface area contributed by atoms with Crippen molar-refractivity contribution in [1.82, 2.24) is 0 Å². The van der Waals surface area contributed by atoms with Crippen molar-refractivity contribution in [3.8, 4) is 11.1 Å². The Morgan fingerprint density at radius 2 is 1.77 bits per heavy atom. The molecule has 6 heteroatoms. The van der Waals surface area contributed by atoms with Gasteiger partial charge in [-0.3, -0.25) is 4.79 Å². The molecule has 3 aromatic rings. The summed E-state index contributed by atoms with van der Waals surface area (Å²) in [7, 11) is 1.32. The summed E-state index contributed by atoms with van der Waals surface area (Å²) in [5, 5.41) is 5.74. The molecule has 0 aliphatic heterocycles. The minimum absolute atomic E-state index is 0.189. The number of benzene rings is 2. The van der Waals surface area contributed by atoms with Crippen LogP contribution >= 0.6 is 22.9 Å². The molecule has 132 valence electrons. The van der Waals surface area contributed by atoms with E-state index in [1.165, 1.54) is 18.4 Å². The molecule has 0 fully saturated rings. The Labute approximate surface area is 160 Å². The third-order valence-corrected chi connectivity index (χ3v) is 4.94. The topological polar surface area (TPSA) is 55.4 Å². The van der Waals surface area contributed by atoms with E-state index < -0.39 is 5.97 Å². The van der Waals surface area contributed by atoms with Crippen LogP contribution in [0, 0.1) is 0 Å². The normalized spacial score (nSPS) is 10.4. The number of hydrogen-bond acceptors (Lipinski definition) is 4. The zero-order chi connectivity index (χ0) is 18.5. The van der Waals surface area contributed by atoms with Crippen LogP contribution in [-0.2, 0) is 16.0 Å². The highest BCUT2D eigenvalue weighted by Crippen LogP contribution is 2.36. The number of ether oxygens (including phenoxy) is 1. The highest BCUT2D eigenvalue weighted by Gasteiger charge is 2.22. The third kappa shape index (κ3) is 4.12. The molecule has 4 nitrogen and oxygen atoms in total. The monoisotopic (exact) mass is 385 g/mol. The smallest absolute Gasteiger partial charge is 0.341 e. The SMILES string of the molecule is COC(=O)c1c(-c2ccc(Cl)cc2)csc1NC(=O)Cc1ccccc1. The van der Waals surface area contributed by atoms with Crippen molar-refractivity contribution in [2.24, 2.45) is 0 Å². The highest BCUT2D eigenvalue weighted by atomic mass is 35.5. The second-order valence-corrected chi connectivity index (χ2v) is 6.88. The van der Waals surface area contributed by atoms with Gasteiger partial charge >= 0.3 is 5.97 Å². The average molecular weight is 386 g/mol. The van der Waals surface area contributed by atoms with Crippen molar-refractivity contribution >= 4 is 39.8 Å². The maximum absolute atomic E-state index is 12.4. The number of hydrogen-bond donors (Lipinski definition) is 1. The van der Waals surface area contributed by atoms with E-state index in [0.29, 0.717) is 21.2 Å². The number of halogens is 1. The number of rotatable bonds is 5. The summed E-state index contributed by atoms with van der Waals surface area (Å²) >= 11 is 7.23. The Morgan fingerprint density at radius 3 is 2.42 bits per heavy atom. The number of thiophene rings is 1. The van der Waals surface area contributed by atoms with Crippen LogP contribution in [0.3, 0.4) is 0 Å². The quantitative estimate of drug-likeness (QED) is 0.626. The van der Waals surface area contributed by atoms with Gasteiger partial charge in [0.15, 0.2) is 0 Å². The number of anilines is 1. The Morgan fingerprint density at radius 1 is 1.08 bits per heavy atom. The van der Waals surface area contributed by atoms with Gasteiger partial charge in [0.25, 0.3) is 0 Å². The molecule has 0 bridgehead atoms. The molecule has 0 aliphatic rings. The van der Waals surface area contributed by atoms with Crippen molar-refractivity contribution < 1.29 is 14.3 Å². The van der Waals surface area contributed by atoms with Crippen LogP contribution in [-0.4, -0.2) is 19.0 Å². The largest absolute Gasteiger partial charge is 0.465 e. The van der Waals surface area contributed by atoms with E-state index in [1.807, 2.05) is 47.8 Å². The van der Waals surface area contributed by atoms with Gasteiger partial charge in [0.05, 0.1) is 13.5 Å². The van der Waals surface area contributed by atoms with Crippen molar-refractivity contribution in [2.75, 3.05) is 12.4 Å². The lowest BCUT2D eigenvalue weighted by Gasteiger charge is -2.08. The van der Waals surface area contributed by atoms with E-state index in [1.54, 1.807) is 12.1 Å². The molecular weight excluding hydrogens is 370 g/mol. The Bertz CT molecular complexity index is 920. The van der Waals surface area contributed by atoms with Gasteiger partial charge in [-0.15, -0.1) is 11.3 Å². The second-order valence-electron chi connectivity index (χ2n) is 5.56. The first-order valence-electron chi connectivity index (χ1n) is 7.88. The zero-order valence-corrected chi connectivity index (χ0v) is 15.6. The molecule has 0 aliphatic carbocycles. The highest BCUT2D eigenvalue weighted by molar-refractivity contribution is 7.15. The molecule has 0 spiro atoms. The number of methoxy groups -OCH3 is 1. The first kappa shape index (κ1) is 18.2. The fourth-order valence-electron chi connectivity index (χ4n) is 2.55. The van der Waals surface area contributed by atoms with Crippen LogP contribution in [0.25, 0.3) is 11.1 Å². The van der Waals surface area contributed by atoms with Crippen LogP contribution in [0.4, 0.5) is 5.00 Å². The van der Waals surface area contributed by atoms with Gasteiger partial charge in [-0.2, -0.15) is 0 Å². The summed E-state index contributed by atoms with van der Waals surface area (Å²) in [6.45, 7) is 0. The van der Waals surface area contributed by atoms with Gasteiger partial charge in [0.2, 0.25) is 5.91 Å². The summed E-state index contributed by atoms with van der Waals surface area (Å²) < 4.78 is 4.91. The van der Waals surface area contributed by atoms with E-state index in [9.17, 15) is 9.59 Å². The van der Waals surface area contributed by atoms with E-state index in [4.69, 9.17) is 16.3 Å². The number of amides is 1. The van der Waals surface area contributed by atoms with E-state index in [2.05, 4.69) is 5.32 Å². The lowest BCUT2D eigenvalue weighted by atomic mass is 10.0. The first-order valence-corrected chi connectivity index (χ1v) is 9.13.